The molecule has 0 aromatic carbocycles. The summed E-state index contributed by atoms with van der Waals surface area (Å²) < 4.78 is 68.5. The molecular formula is C79H154O17P2. The van der Waals surface area contributed by atoms with Gasteiger partial charge in [0.15, 0.2) is 12.2 Å². The average molecular weight is 1440 g/mol. The lowest BCUT2D eigenvalue weighted by Gasteiger charge is -2.21. The summed E-state index contributed by atoms with van der Waals surface area (Å²) in [4.78, 5) is 72.8. The van der Waals surface area contributed by atoms with Crippen molar-refractivity contribution in [2.75, 3.05) is 39.6 Å². The fraction of sp³-hybridized carbons (Fsp3) is 0.949. The van der Waals surface area contributed by atoms with Gasteiger partial charge in [-0.1, -0.05) is 363 Å². The Morgan fingerprint density at radius 1 is 0.296 bits per heavy atom. The van der Waals surface area contributed by atoms with E-state index in [1.807, 2.05) is 0 Å². The van der Waals surface area contributed by atoms with E-state index in [4.69, 9.17) is 37.0 Å². The molecule has 17 nitrogen and oxygen atoms in total. The first-order chi connectivity index (χ1) is 47.4. The molecule has 582 valence electrons. The van der Waals surface area contributed by atoms with Crippen LogP contribution in [0.2, 0.25) is 0 Å². The topological polar surface area (TPSA) is 237 Å². The number of esters is 4. The average Bonchev–Trinajstić information content (AvgIpc) is 1.10. The van der Waals surface area contributed by atoms with Gasteiger partial charge in [0, 0.05) is 25.7 Å². The van der Waals surface area contributed by atoms with Crippen LogP contribution in [-0.2, 0) is 65.4 Å². The first-order valence-electron chi connectivity index (χ1n) is 41.0. The zero-order chi connectivity index (χ0) is 72.1. The molecule has 98 heavy (non-hydrogen) atoms. The fourth-order valence-corrected chi connectivity index (χ4v) is 13.7. The van der Waals surface area contributed by atoms with Crippen molar-refractivity contribution in [3.05, 3.63) is 0 Å². The summed E-state index contributed by atoms with van der Waals surface area (Å²) in [5.41, 5.74) is 0. The van der Waals surface area contributed by atoms with Crippen molar-refractivity contribution < 1.29 is 80.2 Å². The SMILES string of the molecule is CCCCCCCCCCCCCCCCCCCCCCCCC(=O)O[C@H](COC(=O)CCCCCCCCCCCCCCCCC(C)CC)COP(=O)(O)OC[C@@H](O)COP(=O)(O)OC[C@@H](COC(=O)CCCCCCCCCCC)OC(=O)CCCCCCCCC(C)C. The van der Waals surface area contributed by atoms with E-state index in [1.54, 1.807) is 0 Å². The summed E-state index contributed by atoms with van der Waals surface area (Å²) in [5, 5.41) is 10.6. The molecule has 0 aromatic rings. The lowest BCUT2D eigenvalue weighted by Crippen LogP contribution is -2.30. The van der Waals surface area contributed by atoms with Crippen LogP contribution in [-0.4, -0.2) is 96.7 Å². The molecule has 6 atom stereocenters. The molecule has 0 saturated carbocycles. The summed E-state index contributed by atoms with van der Waals surface area (Å²) >= 11 is 0. The minimum atomic E-state index is -4.96. The Balaban J connectivity index is 5.16. The van der Waals surface area contributed by atoms with E-state index in [9.17, 15) is 43.2 Å². The van der Waals surface area contributed by atoms with Crippen molar-refractivity contribution in [3.63, 3.8) is 0 Å². The quantitative estimate of drug-likeness (QED) is 0.0222. The van der Waals surface area contributed by atoms with Crippen LogP contribution >= 0.6 is 15.6 Å². The summed E-state index contributed by atoms with van der Waals surface area (Å²) in [6, 6.07) is 0. The Bertz CT molecular complexity index is 1890. The zero-order valence-corrected chi connectivity index (χ0v) is 65.9. The number of hydrogen-bond donors (Lipinski definition) is 3. The third-order valence-corrected chi connectivity index (χ3v) is 20.7. The van der Waals surface area contributed by atoms with Gasteiger partial charge >= 0.3 is 39.5 Å². The van der Waals surface area contributed by atoms with Crippen LogP contribution in [0.3, 0.4) is 0 Å². The van der Waals surface area contributed by atoms with Crippen molar-refractivity contribution in [1.29, 1.82) is 0 Å². The number of rotatable bonds is 78. The Hall–Kier alpha value is -1.94. The Morgan fingerprint density at radius 3 is 0.776 bits per heavy atom. The highest BCUT2D eigenvalue weighted by atomic mass is 31.2. The molecule has 0 aliphatic heterocycles. The van der Waals surface area contributed by atoms with Gasteiger partial charge in [-0.2, -0.15) is 0 Å². The molecule has 0 fully saturated rings. The molecule has 3 N–H and O–H groups in total. The first kappa shape index (κ1) is 96.1. The number of aliphatic hydroxyl groups excluding tert-OH is 1. The third-order valence-electron chi connectivity index (χ3n) is 18.8. The fourth-order valence-electron chi connectivity index (χ4n) is 12.2. The van der Waals surface area contributed by atoms with Crippen LogP contribution < -0.4 is 0 Å². The second kappa shape index (κ2) is 70.7. The van der Waals surface area contributed by atoms with E-state index >= 15 is 0 Å². The van der Waals surface area contributed by atoms with Gasteiger partial charge in [-0.15, -0.1) is 0 Å². The normalized spacial score (nSPS) is 14.2. The number of aliphatic hydroxyl groups is 1. The van der Waals surface area contributed by atoms with Gasteiger partial charge in [0.25, 0.3) is 0 Å². The molecule has 0 aromatic heterocycles. The minimum absolute atomic E-state index is 0.102. The zero-order valence-electron chi connectivity index (χ0n) is 64.1. The molecule has 0 aliphatic rings. The van der Waals surface area contributed by atoms with Gasteiger partial charge in [-0.3, -0.25) is 37.3 Å². The number of unbranched alkanes of at least 4 members (excludes halogenated alkanes) is 47. The number of ether oxygens (including phenoxy) is 4. The van der Waals surface area contributed by atoms with E-state index in [-0.39, 0.29) is 25.7 Å². The highest BCUT2D eigenvalue weighted by Crippen LogP contribution is 2.45. The maximum absolute atomic E-state index is 13.1. The van der Waals surface area contributed by atoms with Crippen molar-refractivity contribution in [3.8, 4) is 0 Å². The van der Waals surface area contributed by atoms with Crippen molar-refractivity contribution in [2.24, 2.45) is 11.8 Å². The molecule has 0 rings (SSSR count). The van der Waals surface area contributed by atoms with Crippen LogP contribution in [0, 0.1) is 11.8 Å². The summed E-state index contributed by atoms with van der Waals surface area (Å²) in [6.07, 6.45) is 60.0. The van der Waals surface area contributed by atoms with E-state index in [0.29, 0.717) is 31.6 Å². The summed E-state index contributed by atoms with van der Waals surface area (Å²) in [5.74, 6) is -0.600. The van der Waals surface area contributed by atoms with Crippen LogP contribution in [0.15, 0.2) is 0 Å². The largest absolute Gasteiger partial charge is 0.472 e. The van der Waals surface area contributed by atoms with E-state index in [1.165, 1.54) is 231 Å². The monoisotopic (exact) mass is 1440 g/mol. The molecule has 0 aliphatic carbocycles. The Labute approximate surface area is 600 Å². The minimum Gasteiger partial charge on any atom is -0.462 e. The standard InChI is InChI=1S/C79H154O17P2/c1-7-10-12-14-16-18-19-20-21-22-23-24-25-26-27-28-33-36-40-44-51-57-63-78(83)95-74(67-90-77(82)62-56-50-43-39-35-32-30-29-31-34-38-41-48-54-60-72(6)9-3)69-93-97(85,86)91-65-73(80)66-92-98(87,88)94-70-75(96-79(84)64-58-52-46-45-47-53-59-71(4)5)68-89-76(81)61-55-49-42-37-17-15-13-11-8-2/h71-75,80H,7-70H2,1-6H3,(H,85,86)(H,87,88)/t72?,73-,74-,75-/m1/s1. The molecule has 0 radical (unpaired) electrons. The van der Waals surface area contributed by atoms with Crippen LogP contribution in [0.25, 0.3) is 0 Å². The van der Waals surface area contributed by atoms with Gasteiger partial charge in [0.05, 0.1) is 26.4 Å². The Morgan fingerprint density at radius 2 is 0.520 bits per heavy atom. The van der Waals surface area contributed by atoms with Crippen LogP contribution in [0.5, 0.6) is 0 Å². The maximum atomic E-state index is 13.1. The predicted molar refractivity (Wildman–Crippen MR) is 400 cm³/mol. The first-order valence-corrected chi connectivity index (χ1v) is 44.0. The molecule has 0 spiro atoms. The summed E-state index contributed by atoms with van der Waals surface area (Å²) in [7, 11) is -9.91. The summed E-state index contributed by atoms with van der Waals surface area (Å²) in [6.45, 7) is 9.55. The number of carbonyl (C=O) groups excluding carboxylic acids is 4. The van der Waals surface area contributed by atoms with Crippen molar-refractivity contribution in [1.82, 2.24) is 0 Å². The molecule has 0 saturated heterocycles. The number of hydrogen-bond acceptors (Lipinski definition) is 15. The molecule has 0 bridgehead atoms. The highest BCUT2D eigenvalue weighted by Gasteiger charge is 2.30. The maximum Gasteiger partial charge on any atom is 0.472 e. The molecule has 19 heteroatoms. The van der Waals surface area contributed by atoms with Gasteiger partial charge in [0.1, 0.15) is 19.3 Å². The second-order valence-electron chi connectivity index (χ2n) is 29.2. The third kappa shape index (κ3) is 71.1. The van der Waals surface area contributed by atoms with Gasteiger partial charge in [0.2, 0.25) is 0 Å². The second-order valence-corrected chi connectivity index (χ2v) is 32.1. The molecule has 0 heterocycles. The Kier molecular flexibility index (Phi) is 69.3. The number of carbonyl (C=O) groups is 4. The molecule has 0 amide bonds. The van der Waals surface area contributed by atoms with E-state index in [0.717, 1.165) is 95.8 Å². The lowest BCUT2D eigenvalue weighted by molar-refractivity contribution is -0.161. The van der Waals surface area contributed by atoms with E-state index in [2.05, 4.69) is 41.5 Å². The predicted octanol–water partition coefficient (Wildman–Crippen LogP) is 23.5. The van der Waals surface area contributed by atoms with Crippen molar-refractivity contribution in [2.45, 2.75) is 432 Å². The lowest BCUT2D eigenvalue weighted by atomic mass is 9.99. The van der Waals surface area contributed by atoms with Gasteiger partial charge in [-0.25, -0.2) is 9.13 Å². The van der Waals surface area contributed by atoms with Crippen molar-refractivity contribution >= 4 is 39.5 Å². The van der Waals surface area contributed by atoms with Gasteiger partial charge < -0.3 is 33.8 Å². The van der Waals surface area contributed by atoms with Crippen LogP contribution in [0.4, 0.5) is 0 Å². The molecular weight excluding hydrogens is 1280 g/mol. The smallest absolute Gasteiger partial charge is 0.462 e. The highest BCUT2D eigenvalue weighted by molar-refractivity contribution is 7.47. The van der Waals surface area contributed by atoms with Gasteiger partial charge in [-0.05, 0) is 37.5 Å². The molecule has 3 unspecified atom stereocenters. The van der Waals surface area contributed by atoms with Crippen LogP contribution in [0.1, 0.15) is 414 Å². The number of phosphoric acid groups is 2. The van der Waals surface area contributed by atoms with E-state index < -0.39 is 97.5 Å². The number of phosphoric ester groups is 2.